The number of hydrogen-bond acceptors (Lipinski definition) is 2. The van der Waals surface area contributed by atoms with Crippen LogP contribution in [-0.2, 0) is 20.1 Å². The van der Waals surface area contributed by atoms with Gasteiger partial charge in [-0.25, -0.2) is 0 Å². The zero-order valence-corrected chi connectivity index (χ0v) is 13.6. The van der Waals surface area contributed by atoms with Crippen molar-refractivity contribution in [1.29, 1.82) is 0 Å². The van der Waals surface area contributed by atoms with Crippen LogP contribution in [0.5, 0.6) is 0 Å². The van der Waals surface area contributed by atoms with Gasteiger partial charge in [-0.15, -0.1) is 0 Å². The van der Waals surface area contributed by atoms with E-state index in [4.69, 9.17) is 9.31 Å². The summed E-state index contributed by atoms with van der Waals surface area (Å²) < 4.78 is 10.8. The Morgan fingerprint density at radius 3 is 1.37 bits per heavy atom. The van der Waals surface area contributed by atoms with E-state index in [-0.39, 0.29) is 17.9 Å². The molecule has 0 heterocycles. The van der Waals surface area contributed by atoms with Crippen molar-refractivity contribution >= 4 is 12.6 Å². The van der Waals surface area contributed by atoms with Crippen LogP contribution in [0.2, 0.25) is 0 Å². The van der Waals surface area contributed by atoms with Gasteiger partial charge in [0.25, 0.3) is 0 Å². The highest BCUT2D eigenvalue weighted by atomic mass is 16.6. The molecule has 0 atom stereocenters. The molecule has 0 saturated heterocycles. The molecular weight excluding hydrogens is 235 g/mol. The zero-order valence-electron chi connectivity index (χ0n) is 13.6. The normalized spacial score (nSPS) is 12.6. The predicted octanol–water partition coefficient (Wildman–Crippen LogP) is 3.27. The molecule has 1 aromatic carbocycles. The third-order valence-corrected chi connectivity index (χ3v) is 3.39. The Morgan fingerprint density at radius 1 is 0.737 bits per heavy atom. The molecule has 0 unspecified atom stereocenters. The average molecular weight is 262 g/mol. The van der Waals surface area contributed by atoms with Crippen molar-refractivity contribution in [2.75, 3.05) is 14.2 Å². The molecule has 0 radical (unpaired) electrons. The lowest BCUT2D eigenvalue weighted by Gasteiger charge is -2.26. The lowest BCUT2D eigenvalue weighted by Crippen LogP contribution is -2.37. The van der Waals surface area contributed by atoms with Crippen molar-refractivity contribution in [2.45, 2.75) is 52.4 Å². The lowest BCUT2D eigenvalue weighted by molar-refractivity contribution is 0.292. The molecule has 0 N–H and O–H groups in total. The summed E-state index contributed by atoms with van der Waals surface area (Å²) in [5, 5.41) is 0. The summed E-state index contributed by atoms with van der Waals surface area (Å²) in [6.07, 6.45) is 0. The molecule has 0 bridgehead atoms. The van der Waals surface area contributed by atoms with E-state index >= 15 is 0 Å². The lowest BCUT2D eigenvalue weighted by atomic mass is 9.71. The first-order chi connectivity index (χ1) is 8.59. The summed E-state index contributed by atoms with van der Waals surface area (Å²) in [7, 11) is 3.05. The Balaban J connectivity index is 3.41. The van der Waals surface area contributed by atoms with Gasteiger partial charge in [0.1, 0.15) is 0 Å². The van der Waals surface area contributed by atoms with E-state index in [0.29, 0.717) is 0 Å². The summed E-state index contributed by atoms with van der Waals surface area (Å²) in [6.45, 7) is 13.4. The van der Waals surface area contributed by atoms with Crippen LogP contribution in [0.1, 0.15) is 52.7 Å². The molecule has 106 valence electrons. The summed E-state index contributed by atoms with van der Waals surface area (Å²) in [4.78, 5) is 0. The smallest absolute Gasteiger partial charge is 0.410 e. The molecule has 0 aliphatic heterocycles. The highest BCUT2D eigenvalue weighted by Crippen LogP contribution is 2.28. The molecule has 0 fully saturated rings. The van der Waals surface area contributed by atoms with E-state index in [1.807, 2.05) is 0 Å². The van der Waals surface area contributed by atoms with E-state index in [2.05, 4.69) is 59.7 Å². The van der Waals surface area contributed by atoms with E-state index < -0.39 is 0 Å². The summed E-state index contributed by atoms with van der Waals surface area (Å²) in [5.41, 5.74) is 3.94. The van der Waals surface area contributed by atoms with Crippen molar-refractivity contribution in [3.63, 3.8) is 0 Å². The van der Waals surface area contributed by atoms with Gasteiger partial charge in [-0.1, -0.05) is 59.7 Å². The maximum atomic E-state index is 5.40. The quantitative estimate of drug-likeness (QED) is 0.778. The standard InChI is InChI=1S/C16H27BO2/c1-15(2,3)12-9-13(16(4,5)6)11-14(10-12)17(18-7)19-8/h9-11H,1-8H3. The van der Waals surface area contributed by atoms with Crippen molar-refractivity contribution in [2.24, 2.45) is 0 Å². The largest absolute Gasteiger partial charge is 0.493 e. The van der Waals surface area contributed by atoms with Gasteiger partial charge in [-0.05, 0) is 27.4 Å². The van der Waals surface area contributed by atoms with Crippen molar-refractivity contribution in [1.82, 2.24) is 0 Å². The third kappa shape index (κ3) is 4.08. The van der Waals surface area contributed by atoms with Crippen LogP contribution < -0.4 is 5.46 Å². The van der Waals surface area contributed by atoms with Crippen molar-refractivity contribution < 1.29 is 9.31 Å². The molecule has 0 aromatic heterocycles. The van der Waals surface area contributed by atoms with Gasteiger partial charge < -0.3 is 9.31 Å². The highest BCUT2D eigenvalue weighted by Gasteiger charge is 2.25. The molecule has 0 spiro atoms. The van der Waals surface area contributed by atoms with Gasteiger partial charge >= 0.3 is 7.12 Å². The zero-order chi connectivity index (χ0) is 14.8. The van der Waals surface area contributed by atoms with Gasteiger partial charge in [0, 0.05) is 14.2 Å². The minimum atomic E-state index is -0.302. The fraction of sp³-hybridized carbons (Fsp3) is 0.625. The van der Waals surface area contributed by atoms with Gasteiger partial charge in [0.15, 0.2) is 0 Å². The Kier molecular flexibility index (Phi) is 4.86. The summed E-state index contributed by atoms with van der Waals surface area (Å²) in [5.74, 6) is 0. The summed E-state index contributed by atoms with van der Waals surface area (Å²) >= 11 is 0. The first-order valence-corrected chi connectivity index (χ1v) is 6.81. The molecule has 0 saturated carbocycles. The first-order valence-electron chi connectivity index (χ1n) is 6.81. The second-order valence-electron chi connectivity index (χ2n) is 7.15. The molecule has 19 heavy (non-hydrogen) atoms. The Morgan fingerprint density at radius 2 is 1.11 bits per heavy atom. The molecule has 0 aliphatic carbocycles. The fourth-order valence-electron chi connectivity index (χ4n) is 2.02. The number of rotatable bonds is 3. The van der Waals surface area contributed by atoms with Crippen LogP contribution in [0, 0.1) is 0 Å². The summed E-state index contributed by atoms with van der Waals surface area (Å²) in [6, 6.07) is 6.67. The minimum absolute atomic E-state index is 0.113. The van der Waals surface area contributed by atoms with Gasteiger partial charge in [-0.2, -0.15) is 0 Å². The molecule has 1 aromatic rings. The van der Waals surface area contributed by atoms with Crippen LogP contribution in [0.25, 0.3) is 0 Å². The van der Waals surface area contributed by atoms with Gasteiger partial charge in [-0.3, -0.25) is 0 Å². The predicted molar refractivity (Wildman–Crippen MR) is 83.2 cm³/mol. The fourth-order valence-corrected chi connectivity index (χ4v) is 2.02. The minimum Gasteiger partial charge on any atom is -0.410 e. The topological polar surface area (TPSA) is 18.5 Å². The molecule has 2 nitrogen and oxygen atoms in total. The maximum Gasteiger partial charge on any atom is 0.493 e. The monoisotopic (exact) mass is 262 g/mol. The number of benzene rings is 1. The van der Waals surface area contributed by atoms with Crippen LogP contribution in [0.15, 0.2) is 18.2 Å². The SMILES string of the molecule is COB(OC)c1cc(C(C)(C)C)cc(C(C)(C)C)c1. The van der Waals surface area contributed by atoms with Gasteiger partial charge in [0.2, 0.25) is 0 Å². The highest BCUT2D eigenvalue weighted by molar-refractivity contribution is 6.61. The van der Waals surface area contributed by atoms with Crippen LogP contribution in [0.4, 0.5) is 0 Å². The van der Waals surface area contributed by atoms with Crippen molar-refractivity contribution in [3.8, 4) is 0 Å². The average Bonchev–Trinajstić information content (AvgIpc) is 2.28. The van der Waals surface area contributed by atoms with E-state index in [9.17, 15) is 0 Å². The molecule has 3 heteroatoms. The molecular formula is C16H27BO2. The molecule has 0 aliphatic rings. The Bertz CT molecular complexity index is 391. The maximum absolute atomic E-state index is 5.40. The van der Waals surface area contributed by atoms with E-state index in [1.165, 1.54) is 11.1 Å². The van der Waals surface area contributed by atoms with Crippen LogP contribution in [0.3, 0.4) is 0 Å². The third-order valence-electron chi connectivity index (χ3n) is 3.39. The second-order valence-corrected chi connectivity index (χ2v) is 7.15. The Labute approximate surface area is 118 Å². The number of hydrogen-bond donors (Lipinski definition) is 0. The second kappa shape index (κ2) is 5.68. The van der Waals surface area contributed by atoms with E-state index in [1.54, 1.807) is 14.2 Å². The van der Waals surface area contributed by atoms with E-state index in [0.717, 1.165) is 5.46 Å². The first kappa shape index (κ1) is 16.3. The van der Waals surface area contributed by atoms with Crippen molar-refractivity contribution in [3.05, 3.63) is 29.3 Å². The molecule has 1 rings (SSSR count). The Hall–Kier alpha value is -0.795. The van der Waals surface area contributed by atoms with Crippen LogP contribution in [-0.4, -0.2) is 21.3 Å². The van der Waals surface area contributed by atoms with Crippen LogP contribution >= 0.6 is 0 Å². The molecule has 0 amide bonds. The van der Waals surface area contributed by atoms with Gasteiger partial charge in [0.05, 0.1) is 0 Å².